The molecule has 2 heterocycles. The summed E-state index contributed by atoms with van der Waals surface area (Å²) in [7, 11) is 1.60. The number of benzene rings is 3. The van der Waals surface area contributed by atoms with Crippen LogP contribution in [0.3, 0.4) is 0 Å². The zero-order valence-electron chi connectivity index (χ0n) is 38.9. The van der Waals surface area contributed by atoms with Crippen molar-refractivity contribution in [2.24, 2.45) is 22.9 Å². The van der Waals surface area contributed by atoms with Gasteiger partial charge in [0.2, 0.25) is 11.7 Å². The van der Waals surface area contributed by atoms with Crippen molar-refractivity contribution in [3.05, 3.63) is 147 Å². The number of fused-ring (bicyclic) bond motifs is 2. The molecule has 1 fully saturated rings. The number of nitro benzene ring substituents is 1. The van der Waals surface area contributed by atoms with Crippen molar-refractivity contribution >= 4 is 17.3 Å². The number of nitrogens with zero attached hydrogens (tertiary/aromatic N) is 4. The van der Waals surface area contributed by atoms with Crippen LogP contribution in [0.1, 0.15) is 92.3 Å². The first kappa shape index (κ1) is 48.8. The lowest BCUT2D eigenvalue weighted by atomic mass is 9.55. The molecule has 1 saturated carbocycles. The Morgan fingerprint density at radius 2 is 1.76 bits per heavy atom. The van der Waals surface area contributed by atoms with E-state index in [9.17, 15) is 20.3 Å². The van der Waals surface area contributed by atoms with Crippen LogP contribution in [0, 0.1) is 34.8 Å². The van der Waals surface area contributed by atoms with Crippen molar-refractivity contribution in [2.45, 2.75) is 103 Å². The molecule has 0 saturated heterocycles. The number of aliphatic hydroxyl groups is 2. The molecule has 0 radical (unpaired) electrons. The van der Waals surface area contributed by atoms with Crippen LogP contribution in [0.15, 0.2) is 114 Å². The molecule has 0 bridgehead atoms. The summed E-state index contributed by atoms with van der Waals surface area (Å²) in [6.45, 7) is 9.06. The summed E-state index contributed by atoms with van der Waals surface area (Å²) in [4.78, 5) is 38.7. The summed E-state index contributed by atoms with van der Waals surface area (Å²) in [5.74, 6) is -0.297. The Bertz CT molecular complexity index is 2390. The number of hydrogen-bond donors (Lipinski definition) is 2. The van der Waals surface area contributed by atoms with Crippen molar-refractivity contribution in [1.82, 2.24) is 9.88 Å². The molecule has 3 aromatic carbocycles. The Morgan fingerprint density at radius 1 is 0.985 bits per heavy atom. The number of aryl methyl sites for hydroxylation is 1. The number of unbranched alkanes of at least 4 members (excludes halogenated alkanes) is 2. The number of hydrogen-bond acceptors (Lipinski definition) is 12. The fraction of sp³-hybridized carbons (Fsp3) is 0.453. The number of methoxy groups -OCH3 is 1. The predicted octanol–water partition coefficient (Wildman–Crippen LogP) is 9.20. The van der Waals surface area contributed by atoms with Crippen LogP contribution in [0.25, 0.3) is 0 Å². The lowest BCUT2D eigenvalue weighted by molar-refractivity contribution is -0.384. The molecule has 6 atom stereocenters. The summed E-state index contributed by atoms with van der Waals surface area (Å²) in [5.41, 5.74) is 5.69. The van der Waals surface area contributed by atoms with Gasteiger partial charge in [-0.3, -0.25) is 19.9 Å². The highest BCUT2D eigenvalue weighted by molar-refractivity contribution is 6.03. The van der Waals surface area contributed by atoms with Gasteiger partial charge in [0.25, 0.3) is 5.69 Å². The third kappa shape index (κ3) is 11.4. The van der Waals surface area contributed by atoms with Gasteiger partial charge in [0.05, 0.1) is 42.4 Å². The smallest absolute Gasteiger partial charge is 0.269 e. The summed E-state index contributed by atoms with van der Waals surface area (Å²) in [6.07, 6.45) is 9.44. The third-order valence-electron chi connectivity index (χ3n) is 13.2. The minimum absolute atomic E-state index is 0.0205. The SMILES string of the molecule is C=CCOC12Oc3ccc(OCc4cccc(C)n4)cc3C3C(CCCCO)C(CCCCO)C=C(C(=NOCc4ccc([N+](=O)[O-])cc4)CC1N(CCC)C(=O)Cc1cccc(OC)c1)C32. The van der Waals surface area contributed by atoms with Crippen molar-refractivity contribution in [1.29, 1.82) is 0 Å². The van der Waals surface area contributed by atoms with Crippen molar-refractivity contribution < 1.29 is 43.7 Å². The highest BCUT2D eigenvalue weighted by atomic mass is 16.7. The Balaban J connectivity index is 1.40. The third-order valence-corrected chi connectivity index (χ3v) is 13.2. The van der Waals surface area contributed by atoms with E-state index in [1.807, 2.05) is 73.3 Å². The fourth-order valence-corrected chi connectivity index (χ4v) is 10.2. The first-order valence-electron chi connectivity index (χ1n) is 23.5. The number of aromatic nitrogens is 1. The number of amides is 1. The Kier molecular flexibility index (Phi) is 16.8. The average molecular weight is 917 g/mol. The highest BCUT2D eigenvalue weighted by Gasteiger charge is 2.65. The summed E-state index contributed by atoms with van der Waals surface area (Å²) < 4.78 is 26.6. The predicted molar refractivity (Wildman–Crippen MR) is 255 cm³/mol. The molecule has 2 N–H and O–H groups in total. The molecule has 4 aromatic rings. The van der Waals surface area contributed by atoms with E-state index in [4.69, 9.17) is 28.9 Å². The van der Waals surface area contributed by atoms with E-state index in [-0.39, 0.29) is 75.2 Å². The number of allylic oxidation sites excluding steroid dienone is 1. The largest absolute Gasteiger partial charge is 0.497 e. The molecule has 3 aliphatic rings. The normalized spacial score (nSPS) is 22.1. The molecule has 2 aliphatic carbocycles. The maximum atomic E-state index is 15.0. The van der Waals surface area contributed by atoms with Gasteiger partial charge in [0, 0.05) is 55.5 Å². The standard InChI is InChI=1S/C53H64N4O10/c1-5-25-56(50(60)30-38-14-12-17-42(29-38)63-4)49-33-47(55-66-34-37-19-21-41(22-20-37)57(61)62)45-31-39(15-7-9-26-58)44(18-8-10-27-59)51-46-32-43(64-35-40-16-11-13-36(3)54-40)23-24-48(46)67-53(49,52(45)51)65-28-6-2/h6,11-14,16-17,19-24,29,31-32,39,44,49,51-52,58-59H,2,5,7-10,15,18,25-28,30,33-35H2,1,3-4H3. The van der Waals surface area contributed by atoms with Gasteiger partial charge in [0.15, 0.2) is 0 Å². The van der Waals surface area contributed by atoms with Gasteiger partial charge in [-0.05, 0) is 122 Å². The maximum Gasteiger partial charge on any atom is 0.269 e. The summed E-state index contributed by atoms with van der Waals surface area (Å²) in [5, 5.41) is 36.3. The van der Waals surface area contributed by atoms with E-state index in [1.165, 1.54) is 12.1 Å². The van der Waals surface area contributed by atoms with Gasteiger partial charge >= 0.3 is 0 Å². The van der Waals surface area contributed by atoms with Crippen molar-refractivity contribution in [3.63, 3.8) is 0 Å². The van der Waals surface area contributed by atoms with Crippen LogP contribution < -0.4 is 14.2 Å². The van der Waals surface area contributed by atoms with E-state index in [0.29, 0.717) is 54.3 Å². The van der Waals surface area contributed by atoms with Crippen LogP contribution in [0.4, 0.5) is 5.69 Å². The quantitative estimate of drug-likeness (QED) is 0.0297. The van der Waals surface area contributed by atoms with Crippen LogP contribution in [-0.2, 0) is 34.0 Å². The molecule has 67 heavy (non-hydrogen) atoms. The van der Waals surface area contributed by atoms with Gasteiger partial charge in [-0.15, -0.1) is 6.58 Å². The number of carbonyl (C=O) groups is 1. The number of rotatable bonds is 24. The Morgan fingerprint density at radius 3 is 2.48 bits per heavy atom. The van der Waals surface area contributed by atoms with E-state index >= 15 is 4.79 Å². The zero-order valence-corrected chi connectivity index (χ0v) is 38.9. The number of ether oxygens (including phenoxy) is 4. The van der Waals surface area contributed by atoms with Gasteiger partial charge in [-0.1, -0.05) is 55.3 Å². The monoisotopic (exact) mass is 916 g/mol. The van der Waals surface area contributed by atoms with Crippen LogP contribution in [0.5, 0.6) is 17.2 Å². The molecule has 14 heteroatoms. The second-order valence-electron chi connectivity index (χ2n) is 17.6. The molecular weight excluding hydrogens is 853 g/mol. The van der Waals surface area contributed by atoms with E-state index in [0.717, 1.165) is 53.8 Å². The van der Waals surface area contributed by atoms with Gasteiger partial charge in [0.1, 0.15) is 36.5 Å². The zero-order chi connectivity index (χ0) is 47.3. The van der Waals surface area contributed by atoms with Crippen LogP contribution >= 0.6 is 0 Å². The van der Waals surface area contributed by atoms with Crippen LogP contribution in [0.2, 0.25) is 0 Å². The number of oxime groups is 1. The number of aliphatic hydroxyl groups excluding tert-OH is 2. The molecule has 1 amide bonds. The molecule has 14 nitrogen and oxygen atoms in total. The molecule has 6 unspecified atom stereocenters. The number of carbonyl (C=O) groups excluding carboxylic acids is 1. The summed E-state index contributed by atoms with van der Waals surface area (Å²) in [6, 6.07) is 24.8. The van der Waals surface area contributed by atoms with Gasteiger partial charge in [-0.25, -0.2) is 0 Å². The topological polar surface area (TPSA) is 175 Å². The molecule has 7 rings (SSSR count). The van der Waals surface area contributed by atoms with Gasteiger partial charge in [-0.2, -0.15) is 0 Å². The second kappa shape index (κ2) is 23.1. The summed E-state index contributed by atoms with van der Waals surface area (Å²) >= 11 is 0. The molecular formula is C53H64N4O10. The molecule has 356 valence electrons. The molecule has 1 aromatic heterocycles. The first-order valence-corrected chi connectivity index (χ1v) is 23.5. The van der Waals surface area contributed by atoms with Crippen LogP contribution in [-0.4, -0.2) is 81.9 Å². The fourth-order valence-electron chi connectivity index (χ4n) is 10.2. The van der Waals surface area contributed by atoms with E-state index in [2.05, 4.69) is 23.7 Å². The first-order chi connectivity index (χ1) is 32.6. The lowest BCUT2D eigenvalue weighted by Crippen LogP contribution is -2.70. The van der Waals surface area contributed by atoms with E-state index in [1.54, 1.807) is 25.3 Å². The molecule has 0 spiro atoms. The van der Waals surface area contributed by atoms with Crippen molar-refractivity contribution in [3.8, 4) is 17.2 Å². The van der Waals surface area contributed by atoms with Gasteiger partial charge < -0.3 is 38.9 Å². The number of non-ortho nitro benzene ring substituents is 1. The Hall–Kier alpha value is -6.09. The lowest BCUT2D eigenvalue weighted by Gasteiger charge is -2.60. The highest BCUT2D eigenvalue weighted by Crippen LogP contribution is 2.62. The number of pyridine rings is 1. The maximum absolute atomic E-state index is 15.0. The minimum Gasteiger partial charge on any atom is -0.497 e. The number of nitro groups is 1. The van der Waals surface area contributed by atoms with Crippen molar-refractivity contribution in [2.75, 3.05) is 33.5 Å². The van der Waals surface area contributed by atoms with E-state index < -0.39 is 22.7 Å². The molecule has 1 aliphatic heterocycles. The minimum atomic E-state index is -1.42. The average Bonchev–Trinajstić information content (AvgIpc) is 3.33. The Labute approximate surface area is 393 Å². The second-order valence-corrected chi connectivity index (χ2v) is 17.6.